The van der Waals surface area contributed by atoms with E-state index in [2.05, 4.69) is 30.0 Å². The Labute approximate surface area is 109 Å². The number of hydrogen-bond donors (Lipinski definition) is 0. The Morgan fingerprint density at radius 3 is 2.89 bits per heavy atom. The summed E-state index contributed by atoms with van der Waals surface area (Å²) in [5.74, 6) is 0. The van der Waals surface area contributed by atoms with Crippen LogP contribution in [0.3, 0.4) is 0 Å². The van der Waals surface area contributed by atoms with E-state index in [-0.39, 0.29) is 6.04 Å². The van der Waals surface area contributed by atoms with E-state index in [1.54, 1.807) is 0 Å². The smallest absolute Gasteiger partial charge is 0.0641 e. The van der Waals surface area contributed by atoms with Gasteiger partial charge in [-0.15, -0.1) is 0 Å². The number of morpholine rings is 1. The molecule has 0 spiro atoms. The molecule has 1 saturated heterocycles. The third-order valence-electron chi connectivity index (χ3n) is 3.61. The first-order chi connectivity index (χ1) is 8.86. The molecule has 2 unspecified atom stereocenters. The van der Waals surface area contributed by atoms with Crippen LogP contribution in [0.5, 0.6) is 0 Å². The van der Waals surface area contributed by atoms with Gasteiger partial charge in [-0.2, -0.15) is 5.26 Å². The lowest BCUT2D eigenvalue weighted by Gasteiger charge is -2.40. The highest BCUT2D eigenvalue weighted by Gasteiger charge is 2.29. The zero-order chi connectivity index (χ0) is 12.8. The average Bonchev–Trinajstić information content (AvgIpc) is 2.46. The summed E-state index contributed by atoms with van der Waals surface area (Å²) in [4.78, 5) is 2.43. The summed E-state index contributed by atoms with van der Waals surface area (Å²) in [5.41, 5.74) is 1.24. The molecule has 1 aliphatic rings. The summed E-state index contributed by atoms with van der Waals surface area (Å²) < 4.78 is 5.54. The largest absolute Gasteiger partial charge is 0.378 e. The maximum atomic E-state index is 9.08. The van der Waals surface area contributed by atoms with Crippen LogP contribution >= 0.6 is 0 Å². The predicted octanol–water partition coefficient (Wildman–Crippen LogP) is 2.75. The molecule has 0 radical (unpaired) electrons. The van der Waals surface area contributed by atoms with Crippen molar-refractivity contribution in [1.29, 1.82) is 5.26 Å². The summed E-state index contributed by atoms with van der Waals surface area (Å²) >= 11 is 0. The summed E-state index contributed by atoms with van der Waals surface area (Å²) in [6.07, 6.45) is 1.61. The van der Waals surface area contributed by atoms with Crippen molar-refractivity contribution in [2.24, 2.45) is 0 Å². The topological polar surface area (TPSA) is 36.3 Å². The van der Waals surface area contributed by atoms with Gasteiger partial charge in [-0.1, -0.05) is 37.3 Å². The molecule has 2 atom stereocenters. The van der Waals surface area contributed by atoms with Gasteiger partial charge in [0, 0.05) is 18.6 Å². The van der Waals surface area contributed by atoms with Gasteiger partial charge in [0.25, 0.3) is 0 Å². The summed E-state index contributed by atoms with van der Waals surface area (Å²) in [6, 6.07) is 13.3. The van der Waals surface area contributed by atoms with E-state index in [1.807, 2.05) is 18.2 Å². The first kappa shape index (κ1) is 13.1. The highest BCUT2D eigenvalue weighted by Crippen LogP contribution is 2.28. The quantitative estimate of drug-likeness (QED) is 0.817. The molecule has 1 fully saturated rings. The van der Waals surface area contributed by atoms with Gasteiger partial charge >= 0.3 is 0 Å². The fourth-order valence-electron chi connectivity index (χ4n) is 2.62. The molecule has 0 aliphatic carbocycles. The van der Waals surface area contributed by atoms with E-state index in [1.165, 1.54) is 5.56 Å². The minimum absolute atomic E-state index is 0.199. The monoisotopic (exact) mass is 244 g/mol. The van der Waals surface area contributed by atoms with Gasteiger partial charge in [-0.25, -0.2) is 0 Å². The van der Waals surface area contributed by atoms with Crippen LogP contribution in [0.25, 0.3) is 0 Å². The van der Waals surface area contributed by atoms with Gasteiger partial charge in [0.15, 0.2) is 0 Å². The van der Waals surface area contributed by atoms with Crippen molar-refractivity contribution in [1.82, 2.24) is 4.90 Å². The molecule has 0 amide bonds. The predicted molar refractivity (Wildman–Crippen MR) is 71.0 cm³/mol. The Hall–Kier alpha value is -1.37. The van der Waals surface area contributed by atoms with Gasteiger partial charge in [0.1, 0.15) is 0 Å². The summed E-state index contributed by atoms with van der Waals surface area (Å²) in [5, 5.41) is 9.08. The van der Waals surface area contributed by atoms with E-state index in [4.69, 9.17) is 10.00 Å². The van der Waals surface area contributed by atoms with E-state index in [0.29, 0.717) is 12.5 Å². The molecule has 18 heavy (non-hydrogen) atoms. The van der Waals surface area contributed by atoms with Crippen molar-refractivity contribution in [2.75, 3.05) is 19.8 Å². The Bertz CT molecular complexity index is 399. The summed E-state index contributed by atoms with van der Waals surface area (Å²) in [7, 11) is 0. The molecule has 0 N–H and O–H groups in total. The van der Waals surface area contributed by atoms with Gasteiger partial charge in [-0.05, 0) is 12.0 Å². The highest BCUT2D eigenvalue weighted by atomic mass is 16.5. The number of benzene rings is 1. The van der Waals surface area contributed by atoms with Crippen molar-refractivity contribution in [3.63, 3.8) is 0 Å². The zero-order valence-corrected chi connectivity index (χ0v) is 10.9. The van der Waals surface area contributed by atoms with Crippen LogP contribution in [0.1, 0.15) is 31.4 Å². The van der Waals surface area contributed by atoms with Crippen LogP contribution in [0.15, 0.2) is 30.3 Å². The molecule has 2 rings (SSSR count). The van der Waals surface area contributed by atoms with Gasteiger partial charge in [-0.3, -0.25) is 4.90 Å². The Kier molecular flexibility index (Phi) is 4.74. The van der Waals surface area contributed by atoms with Crippen LogP contribution in [0.2, 0.25) is 0 Å². The third-order valence-corrected chi connectivity index (χ3v) is 3.61. The second-order valence-corrected chi connectivity index (χ2v) is 4.66. The normalized spacial score (nSPS) is 22.3. The van der Waals surface area contributed by atoms with Gasteiger partial charge in [0.2, 0.25) is 0 Å². The lowest BCUT2D eigenvalue weighted by Crippen LogP contribution is -2.46. The second-order valence-electron chi connectivity index (χ2n) is 4.66. The fraction of sp³-hybridized carbons (Fsp3) is 0.533. The number of nitrogens with zero attached hydrogens (tertiary/aromatic N) is 2. The molecule has 1 aromatic rings. The van der Waals surface area contributed by atoms with Crippen LogP contribution in [0, 0.1) is 11.3 Å². The molecule has 1 aromatic carbocycles. The molecule has 0 aromatic heterocycles. The molecule has 3 nitrogen and oxygen atoms in total. The molecule has 96 valence electrons. The Morgan fingerprint density at radius 2 is 2.22 bits per heavy atom. The van der Waals surface area contributed by atoms with Crippen molar-refractivity contribution in [3.8, 4) is 6.07 Å². The average molecular weight is 244 g/mol. The van der Waals surface area contributed by atoms with E-state index in [0.717, 1.165) is 26.2 Å². The van der Waals surface area contributed by atoms with Gasteiger partial charge < -0.3 is 4.74 Å². The van der Waals surface area contributed by atoms with E-state index < -0.39 is 0 Å². The van der Waals surface area contributed by atoms with Crippen LogP contribution < -0.4 is 0 Å². The van der Waals surface area contributed by atoms with Crippen molar-refractivity contribution < 1.29 is 4.74 Å². The zero-order valence-electron chi connectivity index (χ0n) is 10.9. The Balaban J connectivity index is 2.21. The third kappa shape index (κ3) is 2.90. The molecular formula is C15H20N2O. The van der Waals surface area contributed by atoms with E-state index in [9.17, 15) is 0 Å². The maximum absolute atomic E-state index is 9.08. The SMILES string of the molecule is CCC1COCCN1C(CC#N)c1ccccc1. The maximum Gasteiger partial charge on any atom is 0.0641 e. The summed E-state index contributed by atoms with van der Waals surface area (Å²) in [6.45, 7) is 4.65. The molecule has 0 saturated carbocycles. The van der Waals surface area contributed by atoms with Crippen LogP contribution in [-0.4, -0.2) is 30.7 Å². The first-order valence-corrected chi connectivity index (χ1v) is 6.62. The molecule has 0 bridgehead atoms. The fourth-order valence-corrected chi connectivity index (χ4v) is 2.62. The van der Waals surface area contributed by atoms with Crippen molar-refractivity contribution in [2.45, 2.75) is 31.8 Å². The lowest BCUT2D eigenvalue weighted by atomic mass is 9.99. The molecule has 1 heterocycles. The number of nitriles is 1. The first-order valence-electron chi connectivity index (χ1n) is 6.62. The molecule has 3 heteroatoms. The number of ether oxygens (including phenoxy) is 1. The van der Waals surface area contributed by atoms with Gasteiger partial charge in [0.05, 0.1) is 25.7 Å². The Morgan fingerprint density at radius 1 is 1.44 bits per heavy atom. The van der Waals surface area contributed by atoms with Crippen LogP contribution in [0.4, 0.5) is 0 Å². The molecule has 1 aliphatic heterocycles. The minimum Gasteiger partial charge on any atom is -0.378 e. The van der Waals surface area contributed by atoms with Crippen molar-refractivity contribution >= 4 is 0 Å². The van der Waals surface area contributed by atoms with Crippen LogP contribution in [-0.2, 0) is 4.74 Å². The highest BCUT2D eigenvalue weighted by molar-refractivity contribution is 5.20. The number of hydrogen-bond acceptors (Lipinski definition) is 3. The standard InChI is InChI=1S/C15H20N2O/c1-2-14-12-18-11-10-17(14)15(8-9-16)13-6-4-3-5-7-13/h3-7,14-15H,2,8,10-12H2,1H3. The number of rotatable bonds is 4. The van der Waals surface area contributed by atoms with Crippen molar-refractivity contribution in [3.05, 3.63) is 35.9 Å². The second kappa shape index (κ2) is 6.53. The minimum atomic E-state index is 0.199. The van der Waals surface area contributed by atoms with E-state index >= 15 is 0 Å². The molecular weight excluding hydrogens is 224 g/mol. The lowest BCUT2D eigenvalue weighted by molar-refractivity contribution is -0.0300.